The number of nitrogens with one attached hydrogen (secondary N) is 1. The van der Waals surface area contributed by atoms with E-state index in [-0.39, 0.29) is 18.1 Å². The molecule has 0 aliphatic heterocycles. The molecular formula is C15H12N2O3S2. The molecule has 3 heterocycles. The van der Waals surface area contributed by atoms with Gasteiger partial charge in [0.25, 0.3) is 5.56 Å². The van der Waals surface area contributed by atoms with Gasteiger partial charge >= 0.3 is 5.97 Å². The average molecular weight is 332 g/mol. The van der Waals surface area contributed by atoms with Gasteiger partial charge in [0, 0.05) is 4.88 Å². The molecule has 1 aliphatic carbocycles. The zero-order chi connectivity index (χ0) is 15.1. The van der Waals surface area contributed by atoms with Crippen molar-refractivity contribution in [3.05, 3.63) is 49.0 Å². The van der Waals surface area contributed by atoms with Gasteiger partial charge in [-0.25, -0.2) is 9.78 Å². The monoisotopic (exact) mass is 332 g/mol. The van der Waals surface area contributed by atoms with Gasteiger partial charge in [-0.05, 0) is 42.3 Å². The van der Waals surface area contributed by atoms with Crippen LogP contribution in [0.15, 0.2) is 22.3 Å². The lowest BCUT2D eigenvalue weighted by Crippen LogP contribution is -2.13. The van der Waals surface area contributed by atoms with Crippen molar-refractivity contribution in [1.82, 2.24) is 9.97 Å². The number of carbonyl (C=O) groups excluding carboxylic acids is 1. The highest BCUT2D eigenvalue weighted by atomic mass is 32.1. The van der Waals surface area contributed by atoms with E-state index in [1.807, 2.05) is 11.4 Å². The predicted octanol–water partition coefficient (Wildman–Crippen LogP) is 2.89. The Bertz CT molecular complexity index is 901. The maximum Gasteiger partial charge on any atom is 0.348 e. The van der Waals surface area contributed by atoms with Crippen LogP contribution in [-0.2, 0) is 24.2 Å². The first-order valence-electron chi connectivity index (χ1n) is 6.96. The second kappa shape index (κ2) is 5.33. The van der Waals surface area contributed by atoms with Gasteiger partial charge in [-0.2, -0.15) is 0 Å². The highest BCUT2D eigenvalue weighted by molar-refractivity contribution is 7.17. The molecular weight excluding hydrogens is 320 g/mol. The molecule has 0 fully saturated rings. The summed E-state index contributed by atoms with van der Waals surface area (Å²) >= 11 is 2.85. The fourth-order valence-corrected chi connectivity index (χ4v) is 4.50. The van der Waals surface area contributed by atoms with E-state index < -0.39 is 0 Å². The first-order chi connectivity index (χ1) is 10.7. The van der Waals surface area contributed by atoms with Crippen LogP contribution in [-0.4, -0.2) is 15.9 Å². The Labute approximate surface area is 133 Å². The minimum Gasteiger partial charge on any atom is -0.453 e. The number of rotatable bonds is 3. The van der Waals surface area contributed by atoms with E-state index in [4.69, 9.17) is 4.74 Å². The van der Waals surface area contributed by atoms with E-state index in [1.54, 1.807) is 6.07 Å². The summed E-state index contributed by atoms with van der Waals surface area (Å²) in [5.41, 5.74) is 1.71. The molecule has 0 saturated heterocycles. The highest BCUT2D eigenvalue weighted by Crippen LogP contribution is 2.31. The molecule has 0 aromatic carbocycles. The van der Waals surface area contributed by atoms with Crippen molar-refractivity contribution < 1.29 is 9.53 Å². The number of esters is 1. The van der Waals surface area contributed by atoms with Gasteiger partial charge in [-0.1, -0.05) is 0 Å². The molecule has 1 aliphatic rings. The largest absolute Gasteiger partial charge is 0.453 e. The average Bonchev–Trinajstić information content (AvgIpc) is 3.19. The van der Waals surface area contributed by atoms with Gasteiger partial charge in [0.1, 0.15) is 22.0 Å². The Kier molecular flexibility index (Phi) is 3.31. The smallest absolute Gasteiger partial charge is 0.348 e. The number of hydrogen-bond acceptors (Lipinski definition) is 6. The molecule has 0 atom stereocenters. The van der Waals surface area contributed by atoms with Crippen molar-refractivity contribution in [1.29, 1.82) is 0 Å². The predicted molar refractivity (Wildman–Crippen MR) is 85.7 cm³/mol. The zero-order valence-electron chi connectivity index (χ0n) is 11.5. The summed E-state index contributed by atoms with van der Waals surface area (Å²) in [4.78, 5) is 32.8. The molecule has 5 nitrogen and oxygen atoms in total. The Morgan fingerprint density at radius 3 is 3.18 bits per heavy atom. The molecule has 3 aromatic heterocycles. The standard InChI is InChI=1S/C15H12N2O3S2/c18-14-13-9(4-5-21-13)16-12(17-14)7-20-15(19)11-6-8-2-1-3-10(8)22-11/h4-6H,1-3,7H2,(H,16,17,18). The number of aromatic nitrogens is 2. The molecule has 1 N–H and O–H groups in total. The second-order valence-electron chi connectivity index (χ2n) is 5.14. The molecule has 3 aromatic rings. The molecule has 4 rings (SSSR count). The Hall–Kier alpha value is -1.99. The third kappa shape index (κ3) is 2.36. The molecule has 0 amide bonds. The van der Waals surface area contributed by atoms with Gasteiger partial charge in [0.2, 0.25) is 0 Å². The number of aryl methyl sites for hydroxylation is 2. The maximum absolute atomic E-state index is 12.1. The molecule has 0 unspecified atom stereocenters. The summed E-state index contributed by atoms with van der Waals surface area (Å²) < 4.78 is 5.86. The van der Waals surface area contributed by atoms with Gasteiger partial charge in [0.05, 0.1) is 5.52 Å². The third-order valence-electron chi connectivity index (χ3n) is 3.65. The number of ether oxygens (including phenoxy) is 1. The summed E-state index contributed by atoms with van der Waals surface area (Å²) in [5.74, 6) is 0.0146. The van der Waals surface area contributed by atoms with Gasteiger partial charge < -0.3 is 9.72 Å². The third-order valence-corrected chi connectivity index (χ3v) is 5.77. The summed E-state index contributed by atoms with van der Waals surface area (Å²) in [7, 11) is 0. The van der Waals surface area contributed by atoms with E-state index in [0.29, 0.717) is 20.9 Å². The summed E-state index contributed by atoms with van der Waals surface area (Å²) in [6, 6.07) is 3.71. The molecule has 0 spiro atoms. The van der Waals surface area contributed by atoms with E-state index in [1.165, 1.54) is 39.5 Å². The van der Waals surface area contributed by atoms with Gasteiger partial charge in [-0.15, -0.1) is 22.7 Å². The SMILES string of the molecule is O=C(OCc1nc2ccsc2c(=O)[nH]1)c1cc2c(s1)CCC2. The van der Waals surface area contributed by atoms with Crippen molar-refractivity contribution in [2.24, 2.45) is 0 Å². The van der Waals surface area contributed by atoms with Crippen molar-refractivity contribution in [2.75, 3.05) is 0 Å². The lowest BCUT2D eigenvalue weighted by molar-refractivity contribution is 0.0468. The molecule has 112 valence electrons. The van der Waals surface area contributed by atoms with Crippen molar-refractivity contribution >= 4 is 38.9 Å². The van der Waals surface area contributed by atoms with Crippen LogP contribution in [0, 0.1) is 0 Å². The van der Waals surface area contributed by atoms with Crippen LogP contribution in [0.3, 0.4) is 0 Å². The van der Waals surface area contributed by atoms with E-state index in [0.717, 1.165) is 12.8 Å². The lowest BCUT2D eigenvalue weighted by Gasteiger charge is -2.03. The Morgan fingerprint density at radius 1 is 1.41 bits per heavy atom. The fourth-order valence-electron chi connectivity index (χ4n) is 2.62. The molecule has 0 radical (unpaired) electrons. The van der Waals surface area contributed by atoms with Crippen LogP contribution in [0.25, 0.3) is 10.2 Å². The molecule has 7 heteroatoms. The topological polar surface area (TPSA) is 72.0 Å². The fraction of sp³-hybridized carbons (Fsp3) is 0.267. The number of nitrogens with zero attached hydrogens (tertiary/aromatic N) is 1. The van der Waals surface area contributed by atoms with Crippen LogP contribution in [0.2, 0.25) is 0 Å². The minimum atomic E-state index is -0.354. The van der Waals surface area contributed by atoms with Crippen LogP contribution >= 0.6 is 22.7 Å². The quantitative estimate of drug-likeness (QED) is 0.749. The van der Waals surface area contributed by atoms with Crippen molar-refractivity contribution in [3.8, 4) is 0 Å². The lowest BCUT2D eigenvalue weighted by atomic mass is 10.2. The Morgan fingerprint density at radius 2 is 2.32 bits per heavy atom. The zero-order valence-corrected chi connectivity index (χ0v) is 13.2. The summed E-state index contributed by atoms with van der Waals surface area (Å²) in [6.07, 6.45) is 3.27. The number of thiophene rings is 2. The summed E-state index contributed by atoms with van der Waals surface area (Å²) in [6.45, 7) is -0.0254. The van der Waals surface area contributed by atoms with Crippen LogP contribution in [0.5, 0.6) is 0 Å². The van der Waals surface area contributed by atoms with E-state index in [9.17, 15) is 9.59 Å². The van der Waals surface area contributed by atoms with Crippen LogP contribution in [0.1, 0.15) is 32.4 Å². The Balaban J connectivity index is 1.50. The van der Waals surface area contributed by atoms with E-state index in [2.05, 4.69) is 9.97 Å². The molecule has 22 heavy (non-hydrogen) atoms. The van der Waals surface area contributed by atoms with Crippen molar-refractivity contribution in [3.63, 3.8) is 0 Å². The normalized spacial score (nSPS) is 13.5. The first kappa shape index (κ1) is 13.7. The van der Waals surface area contributed by atoms with Crippen LogP contribution < -0.4 is 5.56 Å². The molecule has 0 bridgehead atoms. The highest BCUT2D eigenvalue weighted by Gasteiger charge is 2.19. The van der Waals surface area contributed by atoms with Crippen LogP contribution in [0.4, 0.5) is 0 Å². The number of hydrogen-bond donors (Lipinski definition) is 1. The van der Waals surface area contributed by atoms with Gasteiger partial charge in [0.15, 0.2) is 0 Å². The number of fused-ring (bicyclic) bond motifs is 2. The number of carbonyl (C=O) groups is 1. The number of aromatic amines is 1. The van der Waals surface area contributed by atoms with Crippen molar-refractivity contribution in [2.45, 2.75) is 25.9 Å². The maximum atomic E-state index is 12.1. The number of H-pyrrole nitrogens is 1. The van der Waals surface area contributed by atoms with Gasteiger partial charge in [-0.3, -0.25) is 4.79 Å². The minimum absolute atomic E-state index is 0.0254. The summed E-state index contributed by atoms with van der Waals surface area (Å²) in [5, 5.41) is 1.82. The van der Waals surface area contributed by atoms with E-state index >= 15 is 0 Å². The molecule has 0 saturated carbocycles. The first-order valence-corrected chi connectivity index (χ1v) is 8.65. The second-order valence-corrected chi connectivity index (χ2v) is 7.19.